The second-order valence-electron chi connectivity index (χ2n) is 4.62. The van der Waals surface area contributed by atoms with E-state index in [0.29, 0.717) is 17.3 Å². The van der Waals surface area contributed by atoms with Gasteiger partial charge < -0.3 is 9.84 Å². The Bertz CT molecular complexity index is 581. The van der Waals surface area contributed by atoms with Crippen LogP contribution in [0.5, 0.6) is 0 Å². The molecule has 19 heavy (non-hydrogen) atoms. The van der Waals surface area contributed by atoms with Crippen molar-refractivity contribution in [3.8, 4) is 11.4 Å². The lowest BCUT2D eigenvalue weighted by molar-refractivity contribution is 0.322. The molecule has 0 saturated carbocycles. The number of piperidine rings is 1. The summed E-state index contributed by atoms with van der Waals surface area (Å²) in [6.07, 6.45) is 2.14. The molecular formula is C13H13BrFN3O. The molecule has 0 spiro atoms. The molecule has 1 saturated heterocycles. The summed E-state index contributed by atoms with van der Waals surface area (Å²) in [7, 11) is 0. The molecule has 0 radical (unpaired) electrons. The topological polar surface area (TPSA) is 51.0 Å². The van der Waals surface area contributed by atoms with Gasteiger partial charge in [-0.25, -0.2) is 4.39 Å². The van der Waals surface area contributed by atoms with Crippen molar-refractivity contribution in [1.29, 1.82) is 0 Å². The quantitative estimate of drug-likeness (QED) is 0.921. The molecule has 1 aromatic heterocycles. The number of hydrogen-bond donors (Lipinski definition) is 1. The van der Waals surface area contributed by atoms with Crippen LogP contribution in [-0.2, 0) is 0 Å². The smallest absolute Gasteiger partial charge is 0.231 e. The fraction of sp³-hybridized carbons (Fsp3) is 0.385. The molecular weight excluding hydrogens is 313 g/mol. The highest BCUT2D eigenvalue weighted by atomic mass is 79.9. The molecule has 100 valence electrons. The minimum absolute atomic E-state index is 0.252. The summed E-state index contributed by atoms with van der Waals surface area (Å²) in [5.74, 6) is 0.983. The summed E-state index contributed by atoms with van der Waals surface area (Å²) in [6, 6.07) is 4.43. The van der Waals surface area contributed by atoms with Gasteiger partial charge in [-0.15, -0.1) is 0 Å². The fourth-order valence-corrected chi connectivity index (χ4v) is 2.67. The molecule has 1 N–H and O–H groups in total. The first-order chi connectivity index (χ1) is 9.24. The first kappa shape index (κ1) is 12.7. The van der Waals surface area contributed by atoms with Gasteiger partial charge in [-0.3, -0.25) is 0 Å². The Balaban J connectivity index is 1.89. The maximum atomic E-state index is 13.3. The molecule has 0 bridgehead atoms. The minimum Gasteiger partial charge on any atom is -0.339 e. The predicted octanol–water partition coefficient (Wildman–Crippen LogP) is 3.11. The van der Waals surface area contributed by atoms with E-state index in [4.69, 9.17) is 4.52 Å². The van der Waals surface area contributed by atoms with Crippen LogP contribution in [0.3, 0.4) is 0 Å². The van der Waals surface area contributed by atoms with E-state index in [-0.39, 0.29) is 11.7 Å². The molecule has 1 unspecified atom stereocenters. The van der Waals surface area contributed by atoms with E-state index in [1.54, 1.807) is 6.07 Å². The molecule has 1 atom stereocenters. The standard InChI is InChI=1S/C13H13BrFN3O/c14-11-4-3-9(15)6-10(11)12-17-13(19-18-12)8-2-1-5-16-7-8/h3-4,6,8,16H,1-2,5,7H2. The second kappa shape index (κ2) is 5.38. The van der Waals surface area contributed by atoms with Gasteiger partial charge in [0.05, 0.1) is 5.92 Å². The molecule has 0 amide bonds. The number of benzene rings is 1. The molecule has 2 aromatic rings. The highest BCUT2D eigenvalue weighted by molar-refractivity contribution is 9.10. The van der Waals surface area contributed by atoms with E-state index in [1.807, 2.05) is 0 Å². The summed E-state index contributed by atoms with van der Waals surface area (Å²) < 4.78 is 19.3. The molecule has 3 rings (SSSR count). The van der Waals surface area contributed by atoms with Crippen LogP contribution < -0.4 is 5.32 Å². The van der Waals surface area contributed by atoms with E-state index in [9.17, 15) is 4.39 Å². The average molecular weight is 326 g/mol. The number of halogens is 2. The van der Waals surface area contributed by atoms with Crippen LogP contribution in [0.15, 0.2) is 27.2 Å². The van der Waals surface area contributed by atoms with Gasteiger partial charge >= 0.3 is 0 Å². The third kappa shape index (κ3) is 2.69. The number of hydrogen-bond acceptors (Lipinski definition) is 4. The average Bonchev–Trinajstić information content (AvgIpc) is 2.92. The predicted molar refractivity (Wildman–Crippen MR) is 72.2 cm³/mol. The van der Waals surface area contributed by atoms with Crippen LogP contribution in [0, 0.1) is 5.82 Å². The third-order valence-corrected chi connectivity index (χ3v) is 3.95. The van der Waals surface area contributed by atoms with Gasteiger partial charge in [0.15, 0.2) is 0 Å². The Kier molecular flexibility index (Phi) is 3.61. The zero-order valence-electron chi connectivity index (χ0n) is 10.2. The van der Waals surface area contributed by atoms with E-state index in [2.05, 4.69) is 31.4 Å². The Morgan fingerprint density at radius 2 is 2.32 bits per heavy atom. The first-order valence-corrected chi connectivity index (χ1v) is 7.03. The number of nitrogens with zero attached hydrogens (tertiary/aromatic N) is 2. The maximum absolute atomic E-state index is 13.3. The highest BCUT2D eigenvalue weighted by Crippen LogP contribution is 2.29. The Morgan fingerprint density at radius 3 is 3.11 bits per heavy atom. The van der Waals surface area contributed by atoms with Gasteiger partial charge in [0.25, 0.3) is 0 Å². The monoisotopic (exact) mass is 325 g/mol. The van der Waals surface area contributed by atoms with Crippen LogP contribution in [0.2, 0.25) is 0 Å². The van der Waals surface area contributed by atoms with Crippen molar-refractivity contribution in [2.75, 3.05) is 13.1 Å². The lowest BCUT2D eigenvalue weighted by atomic mass is 10.00. The normalized spacial score (nSPS) is 19.6. The van der Waals surface area contributed by atoms with Crippen LogP contribution in [0.4, 0.5) is 4.39 Å². The van der Waals surface area contributed by atoms with Crippen molar-refractivity contribution in [3.05, 3.63) is 34.4 Å². The SMILES string of the molecule is Fc1ccc(Br)c(-c2noc(C3CCCNC3)n2)c1. The molecule has 1 fully saturated rings. The highest BCUT2D eigenvalue weighted by Gasteiger charge is 2.22. The summed E-state index contributed by atoms with van der Waals surface area (Å²) in [6.45, 7) is 1.89. The van der Waals surface area contributed by atoms with Crippen LogP contribution in [0.1, 0.15) is 24.7 Å². The number of aromatic nitrogens is 2. The summed E-state index contributed by atoms with van der Waals surface area (Å²) >= 11 is 3.37. The molecule has 0 aliphatic carbocycles. The molecule has 2 heterocycles. The second-order valence-corrected chi connectivity index (χ2v) is 5.48. The van der Waals surface area contributed by atoms with Gasteiger partial charge in [0.2, 0.25) is 11.7 Å². The van der Waals surface area contributed by atoms with Crippen molar-refractivity contribution in [3.63, 3.8) is 0 Å². The van der Waals surface area contributed by atoms with E-state index in [0.717, 1.165) is 30.4 Å². The minimum atomic E-state index is -0.316. The zero-order valence-corrected chi connectivity index (χ0v) is 11.8. The van der Waals surface area contributed by atoms with E-state index < -0.39 is 0 Å². The fourth-order valence-electron chi connectivity index (χ4n) is 2.24. The van der Waals surface area contributed by atoms with Gasteiger partial charge in [-0.05, 0) is 37.6 Å². The Hall–Kier alpha value is -1.27. The van der Waals surface area contributed by atoms with Crippen molar-refractivity contribution < 1.29 is 8.91 Å². The van der Waals surface area contributed by atoms with Crippen LogP contribution in [0.25, 0.3) is 11.4 Å². The van der Waals surface area contributed by atoms with E-state index >= 15 is 0 Å². The number of rotatable bonds is 2. The largest absolute Gasteiger partial charge is 0.339 e. The Labute approximate surface area is 118 Å². The van der Waals surface area contributed by atoms with E-state index in [1.165, 1.54) is 12.1 Å². The lowest BCUT2D eigenvalue weighted by Gasteiger charge is -2.18. The third-order valence-electron chi connectivity index (χ3n) is 3.26. The van der Waals surface area contributed by atoms with Crippen molar-refractivity contribution in [2.24, 2.45) is 0 Å². The van der Waals surface area contributed by atoms with Gasteiger partial charge in [-0.2, -0.15) is 4.98 Å². The van der Waals surface area contributed by atoms with Crippen molar-refractivity contribution in [1.82, 2.24) is 15.5 Å². The summed E-state index contributed by atoms with van der Waals surface area (Å²) in [4.78, 5) is 4.39. The van der Waals surface area contributed by atoms with Gasteiger partial charge in [-0.1, -0.05) is 21.1 Å². The van der Waals surface area contributed by atoms with Gasteiger partial charge in [0, 0.05) is 16.6 Å². The molecule has 1 aliphatic heterocycles. The Morgan fingerprint density at radius 1 is 1.42 bits per heavy atom. The van der Waals surface area contributed by atoms with Crippen molar-refractivity contribution >= 4 is 15.9 Å². The summed E-state index contributed by atoms with van der Waals surface area (Å²) in [5.41, 5.74) is 0.610. The summed E-state index contributed by atoms with van der Waals surface area (Å²) in [5, 5.41) is 7.26. The lowest BCUT2D eigenvalue weighted by Crippen LogP contribution is -2.28. The first-order valence-electron chi connectivity index (χ1n) is 6.24. The molecule has 4 nitrogen and oxygen atoms in total. The molecule has 1 aromatic carbocycles. The molecule has 6 heteroatoms. The van der Waals surface area contributed by atoms with Crippen LogP contribution in [-0.4, -0.2) is 23.2 Å². The zero-order chi connectivity index (χ0) is 13.2. The van der Waals surface area contributed by atoms with Crippen LogP contribution >= 0.6 is 15.9 Å². The molecule has 1 aliphatic rings. The van der Waals surface area contributed by atoms with Gasteiger partial charge in [0.1, 0.15) is 5.82 Å². The maximum Gasteiger partial charge on any atom is 0.231 e. The van der Waals surface area contributed by atoms with Crippen molar-refractivity contribution in [2.45, 2.75) is 18.8 Å². The number of nitrogens with one attached hydrogen (secondary N) is 1.